The second kappa shape index (κ2) is 42.9. The van der Waals surface area contributed by atoms with E-state index in [4.69, 9.17) is 18.9 Å². The van der Waals surface area contributed by atoms with Crippen molar-refractivity contribution in [3.63, 3.8) is 0 Å². The van der Waals surface area contributed by atoms with E-state index in [-0.39, 0.29) is 19.6 Å². The van der Waals surface area contributed by atoms with Gasteiger partial charge in [0.2, 0.25) is 0 Å². The van der Waals surface area contributed by atoms with Gasteiger partial charge in [-0.1, -0.05) is 205 Å². The van der Waals surface area contributed by atoms with E-state index in [0.717, 1.165) is 51.4 Å². The van der Waals surface area contributed by atoms with Gasteiger partial charge in [-0.25, -0.2) is 4.18 Å². The van der Waals surface area contributed by atoms with Crippen LogP contribution in [0.1, 0.15) is 232 Å². The highest BCUT2D eigenvalue weighted by Crippen LogP contribution is 2.26. The van der Waals surface area contributed by atoms with Crippen LogP contribution in [0.15, 0.2) is 24.3 Å². The summed E-state index contributed by atoms with van der Waals surface area (Å²) in [5, 5.41) is 30.8. The Kier molecular flexibility index (Phi) is 40.6. The zero-order valence-corrected chi connectivity index (χ0v) is 41.4. The minimum atomic E-state index is -5.06. The summed E-state index contributed by atoms with van der Waals surface area (Å²) in [4.78, 5) is 12.9. The molecule has 6 atom stereocenters. The molecule has 64 heavy (non-hydrogen) atoms. The van der Waals surface area contributed by atoms with E-state index in [2.05, 4.69) is 42.3 Å². The van der Waals surface area contributed by atoms with Crippen LogP contribution in [0, 0.1) is 0 Å². The third kappa shape index (κ3) is 35.7. The van der Waals surface area contributed by atoms with Gasteiger partial charge in [-0.15, -0.1) is 0 Å². The Morgan fingerprint density at radius 2 is 1.03 bits per heavy atom. The van der Waals surface area contributed by atoms with Crippen LogP contribution >= 0.6 is 0 Å². The predicted octanol–water partition coefficient (Wildman–Crippen LogP) is 12.0. The van der Waals surface area contributed by atoms with Crippen molar-refractivity contribution < 1.29 is 56.2 Å². The lowest BCUT2D eigenvalue weighted by atomic mass is 9.99. The number of carbonyl (C=O) groups excluding carboxylic acids is 1. The van der Waals surface area contributed by atoms with Crippen molar-refractivity contribution in [2.45, 2.75) is 269 Å². The molecular weight excluding hydrogens is 837 g/mol. The highest BCUT2D eigenvalue weighted by atomic mass is 32.3. The van der Waals surface area contributed by atoms with Gasteiger partial charge in [-0.2, -0.15) is 8.42 Å². The number of aliphatic hydroxyl groups is 3. The van der Waals surface area contributed by atoms with Crippen LogP contribution in [-0.2, 0) is 38.3 Å². The Morgan fingerprint density at radius 3 is 1.52 bits per heavy atom. The highest BCUT2D eigenvalue weighted by molar-refractivity contribution is 7.80. The molecule has 13 heteroatoms. The number of esters is 1. The van der Waals surface area contributed by atoms with Crippen molar-refractivity contribution in [1.29, 1.82) is 0 Å². The van der Waals surface area contributed by atoms with E-state index in [1.54, 1.807) is 0 Å². The first-order valence-corrected chi connectivity index (χ1v) is 27.5. The summed E-state index contributed by atoms with van der Waals surface area (Å²) in [7, 11) is -5.06. The third-order valence-corrected chi connectivity index (χ3v) is 12.5. The SMILES string of the molecule is CCCCC/C=C\C/C=C\CCCCCCCCCC(=O)OC(COCCCCCCCCCCCCCCCCCCCCCC)COC1OC(CO)C(O)C(OS(=O)(=O)O)C1O. The monoisotopic (exact) mass is 933 g/mol. The maximum absolute atomic E-state index is 12.9. The van der Waals surface area contributed by atoms with Crippen LogP contribution in [-0.4, -0.2) is 97.5 Å². The van der Waals surface area contributed by atoms with E-state index < -0.39 is 59.8 Å². The lowest BCUT2D eigenvalue weighted by Crippen LogP contribution is -2.60. The van der Waals surface area contributed by atoms with Crippen LogP contribution in [0.25, 0.3) is 0 Å². The lowest BCUT2D eigenvalue weighted by molar-refractivity contribution is -0.301. The number of hydrogen-bond donors (Lipinski definition) is 4. The molecule has 1 fully saturated rings. The van der Waals surface area contributed by atoms with E-state index in [1.807, 2.05) is 0 Å². The molecule has 1 aliphatic heterocycles. The minimum Gasteiger partial charge on any atom is -0.457 e. The second-order valence-electron chi connectivity index (χ2n) is 18.1. The molecule has 1 heterocycles. The van der Waals surface area contributed by atoms with Crippen molar-refractivity contribution in [1.82, 2.24) is 0 Å². The van der Waals surface area contributed by atoms with Crippen LogP contribution < -0.4 is 0 Å². The average Bonchev–Trinajstić information content (AvgIpc) is 3.27. The Morgan fingerprint density at radius 1 is 0.594 bits per heavy atom. The molecule has 378 valence electrons. The summed E-state index contributed by atoms with van der Waals surface area (Å²) in [6.45, 7) is 4.00. The van der Waals surface area contributed by atoms with E-state index >= 15 is 0 Å². The largest absolute Gasteiger partial charge is 0.457 e. The lowest BCUT2D eigenvalue weighted by Gasteiger charge is -2.41. The Balaban J connectivity index is 2.35. The molecule has 0 bridgehead atoms. The van der Waals surface area contributed by atoms with Crippen molar-refractivity contribution in [2.75, 3.05) is 26.4 Å². The molecule has 0 spiro atoms. The zero-order valence-electron chi connectivity index (χ0n) is 40.6. The van der Waals surface area contributed by atoms with E-state index in [9.17, 15) is 33.1 Å². The number of ether oxygens (including phenoxy) is 4. The van der Waals surface area contributed by atoms with Crippen molar-refractivity contribution in [3.8, 4) is 0 Å². The molecule has 0 saturated carbocycles. The van der Waals surface area contributed by atoms with Crippen LogP contribution in [0.3, 0.4) is 0 Å². The third-order valence-electron chi connectivity index (χ3n) is 12.1. The summed E-state index contributed by atoms with van der Waals surface area (Å²) in [5.41, 5.74) is 0. The van der Waals surface area contributed by atoms with Crippen molar-refractivity contribution in [3.05, 3.63) is 24.3 Å². The van der Waals surface area contributed by atoms with Gasteiger partial charge in [-0.3, -0.25) is 9.35 Å². The van der Waals surface area contributed by atoms with Crippen LogP contribution in [0.5, 0.6) is 0 Å². The molecule has 0 radical (unpaired) electrons. The highest BCUT2D eigenvalue weighted by Gasteiger charge is 2.48. The molecule has 6 unspecified atom stereocenters. The van der Waals surface area contributed by atoms with Crippen LogP contribution in [0.4, 0.5) is 0 Å². The maximum atomic E-state index is 12.9. The first kappa shape index (κ1) is 60.6. The van der Waals surface area contributed by atoms with Crippen molar-refractivity contribution >= 4 is 16.4 Å². The minimum absolute atomic E-state index is 0.0373. The van der Waals surface area contributed by atoms with Gasteiger partial charge in [-0.05, 0) is 44.9 Å². The average molecular weight is 933 g/mol. The molecule has 0 aromatic carbocycles. The molecule has 0 aromatic heterocycles. The topological polar surface area (TPSA) is 178 Å². The van der Waals surface area contributed by atoms with Gasteiger partial charge >= 0.3 is 16.4 Å². The second-order valence-corrected chi connectivity index (χ2v) is 19.2. The summed E-state index contributed by atoms with van der Waals surface area (Å²) >= 11 is 0. The summed E-state index contributed by atoms with van der Waals surface area (Å²) < 4.78 is 59.3. The predicted molar refractivity (Wildman–Crippen MR) is 257 cm³/mol. The molecule has 1 aliphatic rings. The summed E-state index contributed by atoms with van der Waals surface area (Å²) in [5.74, 6) is -0.403. The molecule has 1 saturated heterocycles. The number of allylic oxidation sites excluding steroid dienone is 4. The smallest absolute Gasteiger partial charge is 0.397 e. The van der Waals surface area contributed by atoms with Gasteiger partial charge in [0.15, 0.2) is 6.29 Å². The number of hydrogen-bond acceptors (Lipinski definition) is 11. The summed E-state index contributed by atoms with van der Waals surface area (Å²) in [6.07, 6.45) is 40.6. The first-order chi connectivity index (χ1) is 31.1. The van der Waals surface area contributed by atoms with Gasteiger partial charge in [0.05, 0.1) is 19.8 Å². The molecule has 1 rings (SSSR count). The molecule has 0 aromatic rings. The normalized spacial score (nSPS) is 19.9. The fourth-order valence-electron chi connectivity index (χ4n) is 8.12. The molecular formula is C51H96O12S. The van der Waals surface area contributed by atoms with Crippen molar-refractivity contribution in [2.24, 2.45) is 0 Å². The van der Waals surface area contributed by atoms with Gasteiger partial charge in [0.25, 0.3) is 0 Å². The first-order valence-electron chi connectivity index (χ1n) is 26.1. The molecule has 4 N–H and O–H groups in total. The Hall–Kier alpha value is -1.42. The molecule has 12 nitrogen and oxygen atoms in total. The standard InChI is InChI=1S/C51H96O12S/c1-3-5-7-9-11-13-15-17-19-21-22-23-25-27-29-31-33-35-37-39-41-59-43-45(44-60-51-49(55)50(63-64(56,57)58)48(54)46(42-52)62-51)61-47(53)40-38-36-34-32-30-28-26-24-20-18-16-14-12-10-8-6-4-2/h12,14,18,20,45-46,48-52,54-55H,3-11,13,15-17,19,21-44H2,1-2H3,(H,56,57,58)/b14-12-,20-18-. The molecule has 0 amide bonds. The van der Waals surface area contributed by atoms with E-state index in [0.29, 0.717) is 13.0 Å². The zero-order chi connectivity index (χ0) is 46.8. The van der Waals surface area contributed by atoms with Crippen LogP contribution in [0.2, 0.25) is 0 Å². The van der Waals surface area contributed by atoms with E-state index in [1.165, 1.54) is 154 Å². The number of rotatable bonds is 46. The quantitative estimate of drug-likeness (QED) is 0.0197. The number of carbonyl (C=O) groups is 1. The maximum Gasteiger partial charge on any atom is 0.397 e. The fraction of sp³-hybridized carbons (Fsp3) is 0.902. The fourth-order valence-corrected chi connectivity index (χ4v) is 8.62. The number of aliphatic hydroxyl groups excluding tert-OH is 3. The Labute approximate surface area is 391 Å². The van der Waals surface area contributed by atoms with Gasteiger partial charge in [0.1, 0.15) is 30.5 Å². The summed E-state index contributed by atoms with van der Waals surface area (Å²) in [6, 6.07) is 0. The van der Waals surface area contributed by atoms with Gasteiger partial charge in [0, 0.05) is 13.0 Å². The molecule has 0 aliphatic carbocycles. The van der Waals surface area contributed by atoms with Gasteiger partial charge < -0.3 is 34.3 Å². The Bertz CT molecular complexity index is 1210. The number of unbranched alkanes of at least 4 members (excludes halogenated alkanes) is 29.